The third kappa shape index (κ3) is 3.71. The highest BCUT2D eigenvalue weighted by molar-refractivity contribution is 5.92. The van der Waals surface area contributed by atoms with Crippen molar-refractivity contribution < 1.29 is 14.6 Å². The largest absolute Gasteiger partial charge is 0.494 e. The Morgan fingerprint density at radius 2 is 2.20 bits per heavy atom. The highest BCUT2D eigenvalue weighted by atomic mass is 16.5. The van der Waals surface area contributed by atoms with E-state index in [-0.39, 0.29) is 18.4 Å². The SMILES string of the molecule is CCOc1ccc(NC(=O)C2CCNCC2)cc1CO. The summed E-state index contributed by atoms with van der Waals surface area (Å²) in [6.45, 7) is 4.13. The highest BCUT2D eigenvalue weighted by Gasteiger charge is 2.21. The fraction of sp³-hybridized carbons (Fsp3) is 0.533. The number of hydrogen-bond acceptors (Lipinski definition) is 4. The fourth-order valence-electron chi connectivity index (χ4n) is 2.41. The van der Waals surface area contributed by atoms with Crippen LogP contribution in [0.1, 0.15) is 25.3 Å². The summed E-state index contributed by atoms with van der Waals surface area (Å²) in [7, 11) is 0. The van der Waals surface area contributed by atoms with Gasteiger partial charge < -0.3 is 20.5 Å². The van der Waals surface area contributed by atoms with Gasteiger partial charge in [0.1, 0.15) is 5.75 Å². The number of carbonyl (C=O) groups excluding carboxylic acids is 1. The zero-order chi connectivity index (χ0) is 14.4. The average Bonchev–Trinajstić information content (AvgIpc) is 2.50. The molecule has 1 aliphatic rings. The van der Waals surface area contributed by atoms with Crippen molar-refractivity contribution in [3.63, 3.8) is 0 Å². The van der Waals surface area contributed by atoms with Crippen molar-refractivity contribution in [3.05, 3.63) is 23.8 Å². The van der Waals surface area contributed by atoms with Gasteiger partial charge in [-0.25, -0.2) is 0 Å². The molecule has 0 spiro atoms. The van der Waals surface area contributed by atoms with E-state index in [4.69, 9.17) is 4.74 Å². The van der Waals surface area contributed by atoms with Crippen molar-refractivity contribution in [2.45, 2.75) is 26.4 Å². The number of nitrogens with one attached hydrogen (secondary N) is 2. The molecule has 0 bridgehead atoms. The molecule has 1 aliphatic heterocycles. The monoisotopic (exact) mass is 278 g/mol. The molecule has 0 radical (unpaired) electrons. The Bertz CT molecular complexity index is 456. The first-order valence-electron chi connectivity index (χ1n) is 7.12. The van der Waals surface area contributed by atoms with Gasteiger partial charge in [-0.15, -0.1) is 0 Å². The highest BCUT2D eigenvalue weighted by Crippen LogP contribution is 2.24. The lowest BCUT2D eigenvalue weighted by Gasteiger charge is -2.22. The molecular weight excluding hydrogens is 256 g/mol. The molecule has 110 valence electrons. The first-order valence-corrected chi connectivity index (χ1v) is 7.12. The Morgan fingerprint density at radius 1 is 1.45 bits per heavy atom. The minimum Gasteiger partial charge on any atom is -0.494 e. The Balaban J connectivity index is 2.03. The van der Waals surface area contributed by atoms with E-state index in [1.165, 1.54) is 0 Å². The van der Waals surface area contributed by atoms with E-state index in [1.54, 1.807) is 12.1 Å². The lowest BCUT2D eigenvalue weighted by Crippen LogP contribution is -2.34. The van der Waals surface area contributed by atoms with Gasteiger partial charge >= 0.3 is 0 Å². The van der Waals surface area contributed by atoms with Crippen LogP contribution in [0.25, 0.3) is 0 Å². The van der Waals surface area contributed by atoms with Crippen LogP contribution in [-0.4, -0.2) is 30.7 Å². The average molecular weight is 278 g/mol. The molecule has 1 fully saturated rings. The van der Waals surface area contributed by atoms with Crippen LogP contribution in [0.2, 0.25) is 0 Å². The van der Waals surface area contributed by atoms with Crippen LogP contribution in [0.3, 0.4) is 0 Å². The lowest BCUT2D eigenvalue weighted by molar-refractivity contribution is -0.120. The number of hydrogen-bond donors (Lipinski definition) is 3. The molecular formula is C15H22N2O3. The van der Waals surface area contributed by atoms with E-state index in [0.717, 1.165) is 25.9 Å². The normalized spacial score (nSPS) is 15.9. The topological polar surface area (TPSA) is 70.6 Å². The second kappa shape index (κ2) is 7.26. The number of aliphatic hydroxyl groups excluding tert-OH is 1. The molecule has 20 heavy (non-hydrogen) atoms. The van der Waals surface area contributed by atoms with Crippen LogP contribution in [0, 0.1) is 5.92 Å². The van der Waals surface area contributed by atoms with E-state index in [2.05, 4.69) is 10.6 Å². The van der Waals surface area contributed by atoms with E-state index in [1.807, 2.05) is 13.0 Å². The quantitative estimate of drug-likeness (QED) is 0.763. The van der Waals surface area contributed by atoms with Crippen LogP contribution in [0.4, 0.5) is 5.69 Å². The standard InChI is InChI=1S/C15H22N2O3/c1-2-20-14-4-3-13(9-12(14)10-18)17-15(19)11-5-7-16-8-6-11/h3-4,9,11,16,18H,2,5-8,10H2,1H3,(H,17,19). The van der Waals surface area contributed by atoms with Gasteiger partial charge in [0.05, 0.1) is 13.2 Å². The molecule has 5 heteroatoms. The van der Waals surface area contributed by atoms with E-state index in [9.17, 15) is 9.90 Å². The molecule has 2 rings (SSSR count). The van der Waals surface area contributed by atoms with Crippen molar-refractivity contribution in [2.24, 2.45) is 5.92 Å². The first kappa shape index (κ1) is 14.8. The van der Waals surface area contributed by atoms with Crippen LogP contribution < -0.4 is 15.4 Å². The number of aliphatic hydroxyl groups is 1. The number of carbonyl (C=O) groups is 1. The summed E-state index contributed by atoms with van der Waals surface area (Å²) in [5, 5.41) is 15.5. The Kier molecular flexibility index (Phi) is 5.38. The van der Waals surface area contributed by atoms with E-state index < -0.39 is 0 Å². The number of benzene rings is 1. The molecule has 1 aromatic carbocycles. The molecule has 0 aromatic heterocycles. The van der Waals surface area contributed by atoms with Gasteiger partial charge in [0.25, 0.3) is 0 Å². The molecule has 5 nitrogen and oxygen atoms in total. The summed E-state index contributed by atoms with van der Waals surface area (Å²) < 4.78 is 5.42. The van der Waals surface area contributed by atoms with Gasteiger partial charge in [0.15, 0.2) is 0 Å². The van der Waals surface area contributed by atoms with Crippen molar-refractivity contribution in [1.82, 2.24) is 5.32 Å². The van der Waals surface area contributed by atoms with Crippen LogP contribution in [0.5, 0.6) is 5.75 Å². The third-order valence-electron chi connectivity index (χ3n) is 3.51. The number of rotatable bonds is 5. The minimum absolute atomic E-state index is 0.0551. The van der Waals surface area contributed by atoms with Crippen molar-refractivity contribution in [3.8, 4) is 5.75 Å². The molecule has 1 amide bonds. The summed E-state index contributed by atoms with van der Waals surface area (Å²) in [6, 6.07) is 5.36. The summed E-state index contributed by atoms with van der Waals surface area (Å²) in [5.74, 6) is 0.787. The zero-order valence-electron chi connectivity index (χ0n) is 11.8. The van der Waals surface area contributed by atoms with Gasteiger partial charge in [0.2, 0.25) is 5.91 Å². The van der Waals surface area contributed by atoms with Crippen LogP contribution >= 0.6 is 0 Å². The van der Waals surface area contributed by atoms with Crippen molar-refractivity contribution in [1.29, 1.82) is 0 Å². The minimum atomic E-state index is -0.105. The summed E-state index contributed by atoms with van der Waals surface area (Å²) >= 11 is 0. The number of amides is 1. The number of anilines is 1. The van der Waals surface area contributed by atoms with Gasteiger partial charge in [-0.2, -0.15) is 0 Å². The maximum Gasteiger partial charge on any atom is 0.227 e. The van der Waals surface area contributed by atoms with Gasteiger partial charge in [0, 0.05) is 17.2 Å². The molecule has 1 saturated heterocycles. The summed E-state index contributed by atoms with van der Waals surface area (Å²) in [6.07, 6.45) is 1.74. The van der Waals surface area contributed by atoms with Crippen LogP contribution in [-0.2, 0) is 11.4 Å². The molecule has 0 saturated carbocycles. The molecule has 3 N–H and O–H groups in total. The van der Waals surface area contributed by atoms with Crippen molar-refractivity contribution in [2.75, 3.05) is 25.0 Å². The van der Waals surface area contributed by atoms with Gasteiger partial charge in [-0.05, 0) is 51.1 Å². The van der Waals surface area contributed by atoms with Crippen molar-refractivity contribution >= 4 is 11.6 Å². The molecule has 1 aromatic rings. The predicted octanol–water partition coefficient (Wildman–Crippen LogP) is 1.52. The number of ether oxygens (including phenoxy) is 1. The van der Waals surface area contributed by atoms with Gasteiger partial charge in [-0.3, -0.25) is 4.79 Å². The summed E-state index contributed by atoms with van der Waals surface area (Å²) in [5.41, 5.74) is 1.40. The molecule has 0 unspecified atom stereocenters. The lowest BCUT2D eigenvalue weighted by atomic mass is 9.97. The van der Waals surface area contributed by atoms with Gasteiger partial charge in [-0.1, -0.05) is 0 Å². The zero-order valence-corrected chi connectivity index (χ0v) is 11.8. The fourth-order valence-corrected chi connectivity index (χ4v) is 2.41. The van der Waals surface area contributed by atoms with E-state index in [0.29, 0.717) is 23.6 Å². The molecule has 0 aliphatic carbocycles. The molecule has 1 heterocycles. The summed E-state index contributed by atoms with van der Waals surface area (Å²) in [4.78, 5) is 12.1. The maximum absolute atomic E-state index is 12.1. The third-order valence-corrected chi connectivity index (χ3v) is 3.51. The predicted molar refractivity (Wildman–Crippen MR) is 77.8 cm³/mol. The Labute approximate surface area is 119 Å². The number of piperidine rings is 1. The van der Waals surface area contributed by atoms with E-state index >= 15 is 0 Å². The Morgan fingerprint density at radius 3 is 2.85 bits per heavy atom. The van der Waals surface area contributed by atoms with Crippen LogP contribution in [0.15, 0.2) is 18.2 Å². The Hall–Kier alpha value is -1.59. The second-order valence-electron chi connectivity index (χ2n) is 4.93. The smallest absolute Gasteiger partial charge is 0.227 e. The second-order valence-corrected chi connectivity index (χ2v) is 4.93. The maximum atomic E-state index is 12.1. The molecule has 0 atom stereocenters. The first-order chi connectivity index (χ1) is 9.74.